The van der Waals surface area contributed by atoms with Gasteiger partial charge in [0.25, 0.3) is 5.95 Å². The molecule has 1 N–H and O–H groups in total. The molecule has 0 aliphatic carbocycles. The van der Waals surface area contributed by atoms with Crippen molar-refractivity contribution in [3.05, 3.63) is 46.5 Å². The smallest absolute Gasteiger partial charge is 0.253 e. The number of hydrogen-bond acceptors (Lipinski definition) is 4. The van der Waals surface area contributed by atoms with Gasteiger partial charge in [-0.15, -0.1) is 6.58 Å². The predicted octanol–water partition coefficient (Wildman–Crippen LogP) is 2.50. The standard InChI is InChI=1S/C11H10Cl2N4O/c1-3-8(18)7-5-14-17(6(7)2)11-15-9(12)4-10(13)16-11/h3-5,8,18H,1H2,2H3. The van der Waals surface area contributed by atoms with Crippen LogP contribution in [-0.4, -0.2) is 24.9 Å². The van der Waals surface area contributed by atoms with Crippen molar-refractivity contribution in [3.8, 4) is 5.95 Å². The minimum absolute atomic E-state index is 0.228. The van der Waals surface area contributed by atoms with Crippen LogP contribution < -0.4 is 0 Å². The lowest BCUT2D eigenvalue weighted by Gasteiger charge is -2.06. The highest BCUT2D eigenvalue weighted by atomic mass is 35.5. The molecule has 0 aliphatic heterocycles. The average Bonchev–Trinajstić information content (AvgIpc) is 2.69. The Bertz CT molecular complexity index is 576. The van der Waals surface area contributed by atoms with Gasteiger partial charge in [-0.25, -0.2) is 4.68 Å². The van der Waals surface area contributed by atoms with Gasteiger partial charge in [0, 0.05) is 11.6 Å². The molecule has 0 spiro atoms. The summed E-state index contributed by atoms with van der Waals surface area (Å²) in [5.41, 5.74) is 1.32. The summed E-state index contributed by atoms with van der Waals surface area (Å²) in [7, 11) is 0. The van der Waals surface area contributed by atoms with E-state index >= 15 is 0 Å². The molecule has 0 bridgehead atoms. The monoisotopic (exact) mass is 284 g/mol. The number of halogens is 2. The number of aliphatic hydroxyl groups is 1. The number of hydrogen-bond donors (Lipinski definition) is 1. The van der Waals surface area contributed by atoms with Crippen LogP contribution in [0.1, 0.15) is 17.4 Å². The Hall–Kier alpha value is -1.43. The van der Waals surface area contributed by atoms with Crippen LogP contribution in [0.2, 0.25) is 10.3 Å². The molecule has 7 heteroatoms. The highest BCUT2D eigenvalue weighted by Gasteiger charge is 2.15. The Morgan fingerprint density at radius 3 is 2.56 bits per heavy atom. The van der Waals surface area contributed by atoms with Crippen molar-refractivity contribution in [2.45, 2.75) is 13.0 Å². The van der Waals surface area contributed by atoms with Crippen molar-refractivity contribution >= 4 is 23.2 Å². The van der Waals surface area contributed by atoms with Gasteiger partial charge in [0.2, 0.25) is 0 Å². The summed E-state index contributed by atoms with van der Waals surface area (Å²) in [5, 5.41) is 14.3. The summed E-state index contributed by atoms with van der Waals surface area (Å²) in [4.78, 5) is 8.05. The lowest BCUT2D eigenvalue weighted by Crippen LogP contribution is -2.06. The van der Waals surface area contributed by atoms with E-state index in [1.54, 1.807) is 6.92 Å². The van der Waals surface area contributed by atoms with E-state index in [1.165, 1.54) is 23.0 Å². The Labute approximate surface area is 114 Å². The van der Waals surface area contributed by atoms with Crippen LogP contribution in [0.5, 0.6) is 0 Å². The van der Waals surface area contributed by atoms with Gasteiger partial charge in [0.05, 0.1) is 11.9 Å². The third kappa shape index (κ3) is 2.38. The highest BCUT2D eigenvalue weighted by Crippen LogP contribution is 2.21. The summed E-state index contributed by atoms with van der Waals surface area (Å²) in [6.45, 7) is 5.31. The molecule has 0 saturated carbocycles. The molecule has 2 aromatic heterocycles. The van der Waals surface area contributed by atoms with Crippen LogP contribution in [0.4, 0.5) is 0 Å². The number of aliphatic hydroxyl groups excluding tert-OH is 1. The zero-order chi connectivity index (χ0) is 13.3. The zero-order valence-electron chi connectivity index (χ0n) is 9.51. The van der Waals surface area contributed by atoms with Gasteiger partial charge in [-0.1, -0.05) is 29.3 Å². The number of aromatic nitrogens is 4. The minimum Gasteiger partial charge on any atom is -0.384 e. The molecule has 2 heterocycles. The third-order valence-electron chi connectivity index (χ3n) is 2.43. The van der Waals surface area contributed by atoms with Gasteiger partial charge in [-0.05, 0) is 6.92 Å². The molecule has 0 saturated heterocycles. The fraction of sp³-hybridized carbons (Fsp3) is 0.182. The largest absolute Gasteiger partial charge is 0.384 e. The van der Waals surface area contributed by atoms with Crippen molar-refractivity contribution in [1.82, 2.24) is 19.7 Å². The molecule has 0 fully saturated rings. The first-order valence-corrected chi connectivity index (χ1v) is 5.84. The van der Waals surface area contributed by atoms with Crippen LogP contribution in [-0.2, 0) is 0 Å². The van der Waals surface area contributed by atoms with E-state index in [4.69, 9.17) is 23.2 Å². The Morgan fingerprint density at radius 1 is 1.39 bits per heavy atom. The molecular formula is C11H10Cl2N4O. The Balaban J connectivity index is 2.51. The number of rotatable bonds is 3. The fourth-order valence-corrected chi connectivity index (χ4v) is 1.93. The van der Waals surface area contributed by atoms with Gasteiger partial charge >= 0.3 is 0 Å². The van der Waals surface area contributed by atoms with Crippen molar-refractivity contribution in [2.24, 2.45) is 0 Å². The van der Waals surface area contributed by atoms with Gasteiger partial charge in [0.15, 0.2) is 0 Å². The molecule has 18 heavy (non-hydrogen) atoms. The normalized spacial score (nSPS) is 12.4. The van der Waals surface area contributed by atoms with E-state index in [1.807, 2.05) is 0 Å². The quantitative estimate of drug-likeness (QED) is 0.695. The second kappa shape index (κ2) is 5.06. The van der Waals surface area contributed by atoms with Crippen LogP contribution in [0.25, 0.3) is 5.95 Å². The van der Waals surface area contributed by atoms with Crippen LogP contribution in [0.3, 0.4) is 0 Å². The first-order chi connectivity index (χ1) is 8.52. The van der Waals surface area contributed by atoms with E-state index in [9.17, 15) is 5.11 Å². The van der Waals surface area contributed by atoms with Crippen LogP contribution in [0.15, 0.2) is 24.9 Å². The van der Waals surface area contributed by atoms with Crippen LogP contribution in [0, 0.1) is 6.92 Å². The molecule has 0 amide bonds. The predicted molar refractivity (Wildman–Crippen MR) is 69.1 cm³/mol. The second-order valence-corrected chi connectivity index (χ2v) is 4.37. The Morgan fingerprint density at radius 2 is 2.00 bits per heavy atom. The average molecular weight is 285 g/mol. The zero-order valence-corrected chi connectivity index (χ0v) is 11.0. The lowest BCUT2D eigenvalue weighted by molar-refractivity contribution is 0.228. The van der Waals surface area contributed by atoms with E-state index in [2.05, 4.69) is 21.6 Å². The van der Waals surface area contributed by atoms with Gasteiger partial charge in [-0.2, -0.15) is 15.1 Å². The maximum atomic E-state index is 9.72. The van der Waals surface area contributed by atoms with Gasteiger partial charge in [-0.3, -0.25) is 0 Å². The topological polar surface area (TPSA) is 63.8 Å². The van der Waals surface area contributed by atoms with Crippen LogP contribution >= 0.6 is 23.2 Å². The maximum absolute atomic E-state index is 9.72. The molecule has 94 valence electrons. The molecule has 5 nitrogen and oxygen atoms in total. The molecule has 2 rings (SSSR count). The highest BCUT2D eigenvalue weighted by molar-refractivity contribution is 6.33. The first kappa shape index (κ1) is 13.0. The van der Waals surface area contributed by atoms with Gasteiger partial charge < -0.3 is 5.11 Å². The van der Waals surface area contributed by atoms with Crippen molar-refractivity contribution in [1.29, 1.82) is 0 Å². The van der Waals surface area contributed by atoms with E-state index in [0.717, 1.165) is 0 Å². The summed E-state index contributed by atoms with van der Waals surface area (Å²) >= 11 is 11.6. The second-order valence-electron chi connectivity index (χ2n) is 3.59. The maximum Gasteiger partial charge on any atom is 0.253 e. The summed E-state index contributed by atoms with van der Waals surface area (Å²) in [5.74, 6) is 0.257. The van der Waals surface area contributed by atoms with Crippen molar-refractivity contribution in [2.75, 3.05) is 0 Å². The molecule has 1 unspecified atom stereocenters. The molecular weight excluding hydrogens is 275 g/mol. The van der Waals surface area contributed by atoms with Crippen molar-refractivity contribution < 1.29 is 5.11 Å². The summed E-state index contributed by atoms with van der Waals surface area (Å²) in [6, 6.07) is 1.44. The SMILES string of the molecule is C=CC(O)c1cnn(-c2nc(Cl)cc(Cl)n2)c1C. The van der Waals surface area contributed by atoms with E-state index in [-0.39, 0.29) is 16.3 Å². The third-order valence-corrected chi connectivity index (χ3v) is 2.82. The minimum atomic E-state index is -0.784. The first-order valence-electron chi connectivity index (χ1n) is 5.08. The molecule has 2 aromatic rings. The van der Waals surface area contributed by atoms with E-state index in [0.29, 0.717) is 11.3 Å². The Kier molecular flexibility index (Phi) is 3.65. The number of nitrogens with zero attached hydrogens (tertiary/aromatic N) is 4. The molecule has 0 aromatic carbocycles. The summed E-state index contributed by atoms with van der Waals surface area (Å²) < 4.78 is 1.46. The van der Waals surface area contributed by atoms with Gasteiger partial charge in [0.1, 0.15) is 16.4 Å². The molecule has 1 atom stereocenters. The van der Waals surface area contributed by atoms with E-state index < -0.39 is 6.10 Å². The summed E-state index contributed by atoms with van der Waals surface area (Å²) in [6.07, 6.45) is 2.16. The lowest BCUT2D eigenvalue weighted by atomic mass is 10.1. The molecule has 0 radical (unpaired) electrons. The molecule has 0 aliphatic rings. The fourth-order valence-electron chi connectivity index (χ4n) is 1.51. The van der Waals surface area contributed by atoms with Crippen molar-refractivity contribution in [3.63, 3.8) is 0 Å².